The van der Waals surface area contributed by atoms with Gasteiger partial charge in [0.1, 0.15) is 6.10 Å². The lowest BCUT2D eigenvalue weighted by Crippen LogP contribution is -2.26. The zero-order chi connectivity index (χ0) is 12.4. The molecule has 92 valence electrons. The zero-order valence-electron chi connectivity index (χ0n) is 9.58. The summed E-state index contributed by atoms with van der Waals surface area (Å²) in [5.41, 5.74) is 0.175. The largest absolute Gasteiger partial charge is 0.370 e. The summed E-state index contributed by atoms with van der Waals surface area (Å²) in [6.07, 6.45) is 1.41. The third-order valence-corrected chi connectivity index (χ3v) is 2.86. The van der Waals surface area contributed by atoms with Gasteiger partial charge in [-0.1, -0.05) is 0 Å². The van der Waals surface area contributed by atoms with Crippen molar-refractivity contribution < 1.29 is 18.3 Å². The molecule has 1 atom stereocenters. The Bertz CT molecular complexity index is 427. The van der Waals surface area contributed by atoms with Crippen molar-refractivity contribution in [3.8, 4) is 0 Å². The van der Waals surface area contributed by atoms with Crippen molar-refractivity contribution in [2.45, 2.75) is 25.9 Å². The molecule has 0 aliphatic heterocycles. The Hall–Kier alpha value is -1.29. The van der Waals surface area contributed by atoms with E-state index < -0.39 is 17.7 Å². The number of carbonyl (C=O) groups is 1. The number of carbonyl (C=O) groups excluding carboxylic acids is 1. The van der Waals surface area contributed by atoms with Crippen molar-refractivity contribution in [2.75, 3.05) is 6.61 Å². The highest BCUT2D eigenvalue weighted by molar-refractivity contribution is 5.99. The number of ketones is 1. The van der Waals surface area contributed by atoms with Crippen molar-refractivity contribution >= 4 is 5.78 Å². The van der Waals surface area contributed by atoms with Gasteiger partial charge in [-0.25, -0.2) is 8.78 Å². The van der Waals surface area contributed by atoms with Crippen LogP contribution in [0.15, 0.2) is 18.2 Å². The lowest BCUT2D eigenvalue weighted by atomic mass is 10.0. The van der Waals surface area contributed by atoms with E-state index in [0.29, 0.717) is 6.61 Å². The lowest BCUT2D eigenvalue weighted by molar-refractivity contribution is 0.0374. The summed E-state index contributed by atoms with van der Waals surface area (Å²) in [7, 11) is 0. The molecule has 1 fully saturated rings. The maximum atomic E-state index is 13.0. The van der Waals surface area contributed by atoms with Crippen LogP contribution >= 0.6 is 0 Å². The maximum absolute atomic E-state index is 13.0. The van der Waals surface area contributed by atoms with Crippen molar-refractivity contribution in [3.05, 3.63) is 35.4 Å². The SMILES string of the molecule is CCOC(C(=O)c1ccc(F)c(F)c1)C1CC1. The number of halogens is 2. The molecule has 17 heavy (non-hydrogen) atoms. The number of benzene rings is 1. The van der Waals surface area contributed by atoms with E-state index in [4.69, 9.17) is 4.74 Å². The molecule has 0 bridgehead atoms. The van der Waals surface area contributed by atoms with Gasteiger partial charge in [0.2, 0.25) is 0 Å². The molecule has 4 heteroatoms. The van der Waals surface area contributed by atoms with Crippen molar-refractivity contribution in [2.24, 2.45) is 5.92 Å². The molecule has 0 radical (unpaired) electrons. The molecule has 0 heterocycles. The predicted octanol–water partition coefficient (Wildman–Crippen LogP) is 2.96. The highest BCUT2D eigenvalue weighted by Crippen LogP contribution is 2.35. The molecule has 1 aromatic rings. The Balaban J connectivity index is 2.19. The molecule has 1 aliphatic rings. The summed E-state index contributed by atoms with van der Waals surface area (Å²) in [5, 5.41) is 0. The van der Waals surface area contributed by atoms with Crippen LogP contribution in [0.4, 0.5) is 8.78 Å². The van der Waals surface area contributed by atoms with Crippen LogP contribution in [0, 0.1) is 17.6 Å². The van der Waals surface area contributed by atoms with Gasteiger partial charge in [0.15, 0.2) is 17.4 Å². The van der Waals surface area contributed by atoms with Gasteiger partial charge in [0, 0.05) is 12.2 Å². The van der Waals surface area contributed by atoms with E-state index >= 15 is 0 Å². The van der Waals surface area contributed by atoms with Gasteiger partial charge in [-0.3, -0.25) is 4.79 Å². The normalized spacial score (nSPS) is 16.9. The zero-order valence-corrected chi connectivity index (χ0v) is 9.58. The molecular formula is C13H14F2O2. The number of ether oxygens (including phenoxy) is 1. The average Bonchev–Trinajstić information content (AvgIpc) is 3.13. The fraction of sp³-hybridized carbons (Fsp3) is 0.462. The Morgan fingerprint density at radius 2 is 2.12 bits per heavy atom. The van der Waals surface area contributed by atoms with E-state index in [0.717, 1.165) is 25.0 Å². The third kappa shape index (κ3) is 2.69. The minimum atomic E-state index is -0.998. The number of rotatable bonds is 5. The molecule has 0 saturated heterocycles. The monoisotopic (exact) mass is 240 g/mol. The van der Waals surface area contributed by atoms with Crippen LogP contribution in [0.25, 0.3) is 0 Å². The summed E-state index contributed by atoms with van der Waals surface area (Å²) >= 11 is 0. The van der Waals surface area contributed by atoms with E-state index in [-0.39, 0.29) is 17.3 Å². The number of Topliss-reactive ketones (excluding diaryl/α,β-unsaturated/α-hetero) is 1. The first-order valence-electron chi connectivity index (χ1n) is 5.74. The summed E-state index contributed by atoms with van der Waals surface area (Å²) < 4.78 is 31.2. The molecule has 1 aromatic carbocycles. The summed E-state index contributed by atoms with van der Waals surface area (Å²) in [6.45, 7) is 2.25. The first kappa shape index (κ1) is 12.2. The minimum absolute atomic E-state index is 0.175. The smallest absolute Gasteiger partial charge is 0.191 e. The van der Waals surface area contributed by atoms with Gasteiger partial charge in [-0.05, 0) is 43.9 Å². The molecule has 0 amide bonds. The second-order valence-corrected chi connectivity index (χ2v) is 4.21. The fourth-order valence-electron chi connectivity index (χ4n) is 1.82. The van der Waals surface area contributed by atoms with Crippen molar-refractivity contribution in [3.63, 3.8) is 0 Å². The molecule has 1 saturated carbocycles. The van der Waals surface area contributed by atoms with Crippen LogP contribution in [0.3, 0.4) is 0 Å². The molecule has 0 spiro atoms. The van der Waals surface area contributed by atoms with Gasteiger partial charge >= 0.3 is 0 Å². The molecular weight excluding hydrogens is 226 g/mol. The molecule has 1 aliphatic carbocycles. The molecule has 0 aromatic heterocycles. The Morgan fingerprint density at radius 3 is 2.65 bits per heavy atom. The van der Waals surface area contributed by atoms with E-state index in [1.165, 1.54) is 6.07 Å². The molecule has 1 unspecified atom stereocenters. The fourth-order valence-corrected chi connectivity index (χ4v) is 1.82. The van der Waals surface area contributed by atoms with Gasteiger partial charge in [0.25, 0.3) is 0 Å². The minimum Gasteiger partial charge on any atom is -0.370 e. The predicted molar refractivity (Wildman–Crippen MR) is 58.8 cm³/mol. The van der Waals surface area contributed by atoms with E-state index in [2.05, 4.69) is 0 Å². The van der Waals surface area contributed by atoms with Crippen LogP contribution in [0.5, 0.6) is 0 Å². The first-order chi connectivity index (χ1) is 8.13. The van der Waals surface area contributed by atoms with Gasteiger partial charge in [-0.15, -0.1) is 0 Å². The van der Waals surface area contributed by atoms with E-state index in [9.17, 15) is 13.6 Å². The van der Waals surface area contributed by atoms with E-state index in [1.807, 2.05) is 6.92 Å². The summed E-state index contributed by atoms with van der Waals surface area (Å²) in [4.78, 5) is 12.1. The molecule has 2 rings (SSSR count). The summed E-state index contributed by atoms with van der Waals surface area (Å²) in [5.74, 6) is -1.97. The number of hydrogen-bond acceptors (Lipinski definition) is 2. The van der Waals surface area contributed by atoms with Crippen LogP contribution in [0.2, 0.25) is 0 Å². The van der Waals surface area contributed by atoms with Crippen LogP contribution in [0.1, 0.15) is 30.1 Å². The highest BCUT2D eigenvalue weighted by atomic mass is 19.2. The van der Waals surface area contributed by atoms with Crippen LogP contribution < -0.4 is 0 Å². The highest BCUT2D eigenvalue weighted by Gasteiger charge is 2.37. The average molecular weight is 240 g/mol. The molecule has 2 nitrogen and oxygen atoms in total. The van der Waals surface area contributed by atoms with Crippen LogP contribution in [-0.4, -0.2) is 18.5 Å². The Kier molecular flexibility index (Phi) is 3.52. The van der Waals surface area contributed by atoms with Gasteiger partial charge in [-0.2, -0.15) is 0 Å². The second-order valence-electron chi connectivity index (χ2n) is 4.21. The van der Waals surface area contributed by atoms with Crippen molar-refractivity contribution in [1.29, 1.82) is 0 Å². The molecule has 0 N–H and O–H groups in total. The van der Waals surface area contributed by atoms with Crippen molar-refractivity contribution in [1.82, 2.24) is 0 Å². The Morgan fingerprint density at radius 1 is 1.41 bits per heavy atom. The lowest BCUT2D eigenvalue weighted by Gasteiger charge is -2.15. The standard InChI is InChI=1S/C13H14F2O2/c1-2-17-13(8-3-4-8)12(16)9-5-6-10(14)11(15)7-9/h5-8,13H,2-4H2,1H3. The first-order valence-corrected chi connectivity index (χ1v) is 5.74. The summed E-state index contributed by atoms with van der Waals surface area (Å²) in [6, 6.07) is 3.21. The topological polar surface area (TPSA) is 26.3 Å². The van der Waals surface area contributed by atoms with E-state index in [1.54, 1.807) is 0 Å². The van der Waals surface area contributed by atoms with Gasteiger partial charge in [0.05, 0.1) is 0 Å². The Labute approximate surface area is 98.6 Å². The van der Waals surface area contributed by atoms with Crippen LogP contribution in [-0.2, 0) is 4.74 Å². The van der Waals surface area contributed by atoms with Gasteiger partial charge < -0.3 is 4.74 Å². The third-order valence-electron chi connectivity index (χ3n) is 2.86. The number of hydrogen-bond donors (Lipinski definition) is 0. The maximum Gasteiger partial charge on any atom is 0.191 e. The second kappa shape index (κ2) is 4.92. The quantitative estimate of drug-likeness (QED) is 0.739.